The summed E-state index contributed by atoms with van der Waals surface area (Å²) in [5.41, 5.74) is 2.65. The second kappa shape index (κ2) is 9.06. The molecular formula is C22H30N2O2. The largest absolute Gasteiger partial charge is 0.493 e. The molecular weight excluding hydrogens is 324 g/mol. The van der Waals surface area contributed by atoms with Gasteiger partial charge in [-0.25, -0.2) is 0 Å². The van der Waals surface area contributed by atoms with Gasteiger partial charge in [-0.15, -0.1) is 0 Å². The Morgan fingerprint density at radius 1 is 1.00 bits per heavy atom. The quantitative estimate of drug-likeness (QED) is 0.755. The topological polar surface area (TPSA) is 24.9 Å². The van der Waals surface area contributed by atoms with Crippen molar-refractivity contribution < 1.29 is 9.47 Å². The second-order valence-corrected chi connectivity index (χ2v) is 7.12. The highest BCUT2D eigenvalue weighted by atomic mass is 16.5. The van der Waals surface area contributed by atoms with Gasteiger partial charge in [0, 0.05) is 25.7 Å². The fourth-order valence-corrected chi connectivity index (χ4v) is 3.77. The summed E-state index contributed by atoms with van der Waals surface area (Å²) in [5.74, 6) is 1.59. The van der Waals surface area contributed by atoms with E-state index in [0.29, 0.717) is 6.04 Å². The Kier molecular flexibility index (Phi) is 6.53. The Balaban J connectivity index is 1.59. The van der Waals surface area contributed by atoms with Crippen LogP contribution in [0.4, 0.5) is 0 Å². The second-order valence-electron chi connectivity index (χ2n) is 7.12. The lowest BCUT2D eigenvalue weighted by atomic mass is 10.0. The van der Waals surface area contributed by atoms with Gasteiger partial charge in [-0.2, -0.15) is 0 Å². The zero-order valence-corrected chi connectivity index (χ0v) is 16.1. The molecule has 3 rings (SSSR count). The normalized spacial score (nSPS) is 18.1. The Labute approximate surface area is 157 Å². The summed E-state index contributed by atoms with van der Waals surface area (Å²) in [7, 11) is 5.62. The van der Waals surface area contributed by atoms with Crippen molar-refractivity contribution >= 4 is 0 Å². The van der Waals surface area contributed by atoms with Crippen LogP contribution in [-0.4, -0.2) is 50.2 Å². The van der Waals surface area contributed by atoms with E-state index in [1.54, 1.807) is 14.2 Å². The van der Waals surface area contributed by atoms with Crippen LogP contribution in [0.2, 0.25) is 0 Å². The molecule has 2 aromatic rings. The van der Waals surface area contributed by atoms with Crippen LogP contribution >= 0.6 is 0 Å². The number of hydrogen-bond acceptors (Lipinski definition) is 4. The third-order valence-electron chi connectivity index (χ3n) is 5.23. The van der Waals surface area contributed by atoms with E-state index in [-0.39, 0.29) is 0 Å². The first-order chi connectivity index (χ1) is 12.7. The molecule has 0 spiro atoms. The highest BCUT2D eigenvalue weighted by Crippen LogP contribution is 2.28. The van der Waals surface area contributed by atoms with Crippen LogP contribution in [0.5, 0.6) is 11.5 Å². The Bertz CT molecular complexity index is 690. The predicted octanol–water partition coefficient (Wildman–Crippen LogP) is 3.80. The first-order valence-corrected chi connectivity index (χ1v) is 9.37. The Morgan fingerprint density at radius 2 is 1.77 bits per heavy atom. The van der Waals surface area contributed by atoms with Crippen molar-refractivity contribution in [2.24, 2.45) is 0 Å². The molecule has 1 aliphatic heterocycles. The first kappa shape index (κ1) is 18.7. The number of ether oxygens (including phenoxy) is 2. The summed E-state index contributed by atoms with van der Waals surface area (Å²) >= 11 is 0. The molecule has 0 aromatic heterocycles. The number of nitrogens with zero attached hydrogens (tertiary/aromatic N) is 2. The molecule has 1 heterocycles. The fourth-order valence-electron chi connectivity index (χ4n) is 3.77. The third-order valence-corrected chi connectivity index (χ3v) is 5.23. The molecule has 1 aliphatic rings. The summed E-state index contributed by atoms with van der Waals surface area (Å²) in [6, 6.07) is 17.6. The smallest absolute Gasteiger partial charge is 0.161 e. The van der Waals surface area contributed by atoms with Crippen LogP contribution in [0.3, 0.4) is 0 Å². The summed E-state index contributed by atoms with van der Waals surface area (Å²) in [6.07, 6.45) is 2.52. The van der Waals surface area contributed by atoms with Crippen LogP contribution < -0.4 is 9.47 Å². The van der Waals surface area contributed by atoms with Crippen molar-refractivity contribution in [3.63, 3.8) is 0 Å². The van der Waals surface area contributed by atoms with Crippen molar-refractivity contribution in [1.29, 1.82) is 0 Å². The van der Waals surface area contributed by atoms with Crippen LogP contribution in [0.1, 0.15) is 24.0 Å². The molecule has 2 aromatic carbocycles. The molecule has 0 amide bonds. The molecule has 1 atom stereocenters. The summed E-state index contributed by atoms with van der Waals surface area (Å²) in [5, 5.41) is 0. The summed E-state index contributed by atoms with van der Waals surface area (Å²) in [4.78, 5) is 5.05. The minimum atomic E-state index is 0.601. The fraction of sp³-hybridized carbons (Fsp3) is 0.455. The first-order valence-electron chi connectivity index (χ1n) is 9.37. The molecule has 0 saturated carbocycles. The van der Waals surface area contributed by atoms with E-state index >= 15 is 0 Å². The van der Waals surface area contributed by atoms with Crippen LogP contribution in [-0.2, 0) is 13.1 Å². The van der Waals surface area contributed by atoms with Gasteiger partial charge in [-0.3, -0.25) is 9.80 Å². The molecule has 140 valence electrons. The van der Waals surface area contributed by atoms with Crippen LogP contribution in [0, 0.1) is 0 Å². The maximum atomic E-state index is 5.44. The predicted molar refractivity (Wildman–Crippen MR) is 106 cm³/mol. The molecule has 26 heavy (non-hydrogen) atoms. The maximum Gasteiger partial charge on any atom is 0.161 e. The van der Waals surface area contributed by atoms with Crippen molar-refractivity contribution in [3.8, 4) is 11.5 Å². The minimum Gasteiger partial charge on any atom is -0.493 e. The average Bonchev–Trinajstić information content (AvgIpc) is 2.69. The van der Waals surface area contributed by atoms with E-state index in [9.17, 15) is 0 Å². The molecule has 4 nitrogen and oxygen atoms in total. The maximum absolute atomic E-state index is 5.44. The molecule has 0 unspecified atom stereocenters. The van der Waals surface area contributed by atoms with Crippen molar-refractivity contribution in [2.45, 2.75) is 32.0 Å². The highest BCUT2D eigenvalue weighted by Gasteiger charge is 2.23. The van der Waals surface area contributed by atoms with Gasteiger partial charge in [0.15, 0.2) is 11.5 Å². The van der Waals surface area contributed by atoms with Gasteiger partial charge in [0.1, 0.15) is 0 Å². The van der Waals surface area contributed by atoms with E-state index in [4.69, 9.17) is 9.47 Å². The van der Waals surface area contributed by atoms with E-state index in [1.807, 2.05) is 6.07 Å². The van der Waals surface area contributed by atoms with Gasteiger partial charge >= 0.3 is 0 Å². The van der Waals surface area contributed by atoms with Crippen molar-refractivity contribution in [1.82, 2.24) is 9.80 Å². The molecule has 4 heteroatoms. The minimum absolute atomic E-state index is 0.601. The van der Waals surface area contributed by atoms with E-state index in [2.05, 4.69) is 59.3 Å². The molecule has 1 saturated heterocycles. The van der Waals surface area contributed by atoms with Gasteiger partial charge in [0.05, 0.1) is 14.2 Å². The van der Waals surface area contributed by atoms with Gasteiger partial charge in [0.2, 0.25) is 0 Å². The number of rotatable bonds is 7. The Hall–Kier alpha value is -2.04. The number of likely N-dealkylation sites (tertiary alicyclic amines) is 1. The number of benzene rings is 2. The van der Waals surface area contributed by atoms with Crippen LogP contribution in [0.25, 0.3) is 0 Å². The standard InChI is InChI=1S/C22H30N2O2/c1-23(15-18-8-5-4-6-9-18)20-10-7-13-24(17-20)16-19-11-12-21(25-2)22(14-19)26-3/h4-6,8-9,11-12,14,20H,7,10,13,15-17H2,1-3H3/t20-/m1/s1. The average molecular weight is 354 g/mol. The van der Waals surface area contributed by atoms with E-state index in [0.717, 1.165) is 37.7 Å². The monoisotopic (exact) mass is 354 g/mol. The molecule has 0 N–H and O–H groups in total. The summed E-state index contributed by atoms with van der Waals surface area (Å²) < 4.78 is 10.8. The lowest BCUT2D eigenvalue weighted by Crippen LogP contribution is -2.45. The van der Waals surface area contributed by atoms with Crippen molar-refractivity contribution in [2.75, 3.05) is 34.4 Å². The lowest BCUT2D eigenvalue weighted by molar-refractivity contribution is 0.107. The van der Waals surface area contributed by atoms with Gasteiger partial charge in [-0.1, -0.05) is 36.4 Å². The van der Waals surface area contributed by atoms with Crippen molar-refractivity contribution in [3.05, 3.63) is 59.7 Å². The zero-order chi connectivity index (χ0) is 18.4. The Morgan fingerprint density at radius 3 is 2.50 bits per heavy atom. The molecule has 0 radical (unpaired) electrons. The van der Waals surface area contributed by atoms with E-state index in [1.165, 1.54) is 24.0 Å². The number of hydrogen-bond donors (Lipinski definition) is 0. The number of likely N-dealkylation sites (N-methyl/N-ethyl adjacent to an activating group) is 1. The van der Waals surface area contributed by atoms with Crippen LogP contribution in [0.15, 0.2) is 48.5 Å². The lowest BCUT2D eigenvalue weighted by Gasteiger charge is -2.37. The molecule has 1 fully saturated rings. The van der Waals surface area contributed by atoms with Gasteiger partial charge in [0.25, 0.3) is 0 Å². The highest BCUT2D eigenvalue weighted by molar-refractivity contribution is 5.42. The zero-order valence-electron chi connectivity index (χ0n) is 16.1. The molecule has 0 bridgehead atoms. The van der Waals surface area contributed by atoms with Gasteiger partial charge < -0.3 is 9.47 Å². The molecule has 0 aliphatic carbocycles. The number of piperidine rings is 1. The summed E-state index contributed by atoms with van der Waals surface area (Å²) in [6.45, 7) is 4.23. The van der Waals surface area contributed by atoms with E-state index < -0.39 is 0 Å². The number of methoxy groups -OCH3 is 2. The third kappa shape index (κ3) is 4.77. The SMILES string of the molecule is COc1ccc(CN2CCC[C@@H](N(C)Cc3ccccc3)C2)cc1OC. The van der Waals surface area contributed by atoms with Gasteiger partial charge in [-0.05, 0) is 49.7 Å².